The molecule has 0 radical (unpaired) electrons. The van der Waals surface area contributed by atoms with E-state index in [9.17, 15) is 15.0 Å². The van der Waals surface area contributed by atoms with Gasteiger partial charge in [0.25, 0.3) is 0 Å². The zero-order valence-electron chi connectivity index (χ0n) is 12.0. The van der Waals surface area contributed by atoms with E-state index in [0.29, 0.717) is 11.3 Å². The largest absolute Gasteiger partial charge is 0.507 e. The summed E-state index contributed by atoms with van der Waals surface area (Å²) >= 11 is 0. The predicted molar refractivity (Wildman–Crippen MR) is 87.9 cm³/mol. The highest BCUT2D eigenvalue weighted by Gasteiger charge is 2.09. The molecule has 0 heterocycles. The SMILES string of the molecule is O=C(O)c1ccc(N=Cc2c(O)ccc3ccccc23)cc1O. The van der Waals surface area contributed by atoms with Gasteiger partial charge in [0.05, 0.1) is 5.69 Å². The van der Waals surface area contributed by atoms with Crippen molar-refractivity contribution in [3.8, 4) is 11.5 Å². The van der Waals surface area contributed by atoms with Crippen molar-refractivity contribution in [3.05, 3.63) is 65.7 Å². The molecule has 0 atom stereocenters. The van der Waals surface area contributed by atoms with E-state index in [1.54, 1.807) is 6.07 Å². The summed E-state index contributed by atoms with van der Waals surface area (Å²) in [5.41, 5.74) is 0.765. The Morgan fingerprint density at radius 2 is 1.74 bits per heavy atom. The molecule has 3 N–H and O–H groups in total. The summed E-state index contributed by atoms with van der Waals surface area (Å²) in [5, 5.41) is 30.4. The molecule has 5 heteroatoms. The molecule has 0 aliphatic heterocycles. The first kappa shape index (κ1) is 14.6. The molecule has 0 aliphatic rings. The van der Waals surface area contributed by atoms with Crippen LogP contribution in [0.5, 0.6) is 11.5 Å². The number of benzene rings is 3. The molecule has 114 valence electrons. The topological polar surface area (TPSA) is 90.1 Å². The minimum absolute atomic E-state index is 0.0961. The summed E-state index contributed by atoms with van der Waals surface area (Å²) < 4.78 is 0. The van der Waals surface area contributed by atoms with Crippen molar-refractivity contribution >= 4 is 28.6 Å². The zero-order chi connectivity index (χ0) is 16.4. The van der Waals surface area contributed by atoms with Crippen molar-refractivity contribution in [3.63, 3.8) is 0 Å². The van der Waals surface area contributed by atoms with Crippen molar-refractivity contribution in [2.75, 3.05) is 0 Å². The standard InChI is InChI=1S/C18H13NO4/c20-16-8-5-11-3-1-2-4-13(11)15(16)10-19-12-6-7-14(18(22)23)17(21)9-12/h1-10,20-21H,(H,22,23). The number of aliphatic imine (C=N–C) groups is 1. The van der Waals surface area contributed by atoms with Gasteiger partial charge in [0, 0.05) is 17.8 Å². The Kier molecular flexibility index (Phi) is 3.68. The Bertz CT molecular complexity index is 931. The van der Waals surface area contributed by atoms with Crippen LogP contribution in [0.3, 0.4) is 0 Å². The van der Waals surface area contributed by atoms with Gasteiger partial charge in [0.15, 0.2) is 0 Å². The maximum atomic E-state index is 10.9. The second kappa shape index (κ2) is 5.81. The lowest BCUT2D eigenvalue weighted by Gasteiger charge is -2.05. The normalized spacial score (nSPS) is 11.1. The molecule has 0 bridgehead atoms. The lowest BCUT2D eigenvalue weighted by atomic mass is 10.0. The van der Waals surface area contributed by atoms with Gasteiger partial charge in [0.1, 0.15) is 17.1 Å². The van der Waals surface area contributed by atoms with Crippen molar-refractivity contribution in [1.29, 1.82) is 0 Å². The van der Waals surface area contributed by atoms with Gasteiger partial charge in [-0.1, -0.05) is 30.3 Å². The van der Waals surface area contributed by atoms with Gasteiger partial charge in [-0.3, -0.25) is 4.99 Å². The minimum Gasteiger partial charge on any atom is -0.507 e. The maximum absolute atomic E-state index is 10.9. The average molecular weight is 307 g/mol. The van der Waals surface area contributed by atoms with Crippen LogP contribution in [0.1, 0.15) is 15.9 Å². The lowest BCUT2D eigenvalue weighted by Crippen LogP contribution is -1.95. The van der Waals surface area contributed by atoms with Crippen molar-refractivity contribution < 1.29 is 20.1 Å². The molecular formula is C18H13NO4. The maximum Gasteiger partial charge on any atom is 0.339 e. The number of nitrogens with zero attached hydrogens (tertiary/aromatic N) is 1. The van der Waals surface area contributed by atoms with Gasteiger partial charge in [-0.25, -0.2) is 4.79 Å². The third kappa shape index (κ3) is 2.85. The number of fused-ring (bicyclic) bond motifs is 1. The second-order valence-electron chi connectivity index (χ2n) is 4.98. The summed E-state index contributed by atoms with van der Waals surface area (Å²) in [7, 11) is 0. The molecule has 0 aromatic heterocycles. The Labute approximate surface area is 131 Å². The number of carbonyl (C=O) groups is 1. The number of phenolic OH excluding ortho intramolecular Hbond substituents is 1. The Morgan fingerprint density at radius 3 is 2.48 bits per heavy atom. The summed E-state index contributed by atoms with van der Waals surface area (Å²) in [5.74, 6) is -1.46. The van der Waals surface area contributed by atoms with Gasteiger partial charge < -0.3 is 15.3 Å². The molecule has 3 aromatic rings. The number of carboxylic acids is 1. The van der Waals surface area contributed by atoms with E-state index in [1.807, 2.05) is 30.3 Å². The first-order valence-corrected chi connectivity index (χ1v) is 6.87. The average Bonchev–Trinajstić information content (AvgIpc) is 2.53. The van der Waals surface area contributed by atoms with Crippen molar-refractivity contribution in [1.82, 2.24) is 0 Å². The summed E-state index contributed by atoms with van der Waals surface area (Å²) in [6.07, 6.45) is 1.49. The third-order valence-corrected chi connectivity index (χ3v) is 3.50. The Balaban J connectivity index is 2.02. The van der Waals surface area contributed by atoms with E-state index >= 15 is 0 Å². The van der Waals surface area contributed by atoms with Crippen LogP contribution in [0.25, 0.3) is 10.8 Å². The van der Waals surface area contributed by atoms with Crippen LogP contribution in [-0.4, -0.2) is 27.5 Å². The predicted octanol–water partition coefficient (Wildman–Crippen LogP) is 3.70. The van der Waals surface area contributed by atoms with Gasteiger partial charge in [0.2, 0.25) is 0 Å². The number of aromatic carboxylic acids is 1. The van der Waals surface area contributed by atoms with E-state index in [2.05, 4.69) is 4.99 Å². The van der Waals surface area contributed by atoms with Crippen LogP contribution < -0.4 is 0 Å². The Morgan fingerprint density at radius 1 is 0.957 bits per heavy atom. The number of rotatable bonds is 3. The summed E-state index contributed by atoms with van der Waals surface area (Å²) in [6.45, 7) is 0. The molecule has 0 amide bonds. The minimum atomic E-state index is -1.20. The highest BCUT2D eigenvalue weighted by Crippen LogP contribution is 2.27. The van der Waals surface area contributed by atoms with Gasteiger partial charge in [-0.15, -0.1) is 0 Å². The van der Waals surface area contributed by atoms with E-state index in [-0.39, 0.29) is 17.1 Å². The van der Waals surface area contributed by atoms with Crippen LogP contribution in [0.2, 0.25) is 0 Å². The molecule has 23 heavy (non-hydrogen) atoms. The molecule has 0 aliphatic carbocycles. The third-order valence-electron chi connectivity index (χ3n) is 3.50. The van der Waals surface area contributed by atoms with Crippen LogP contribution in [-0.2, 0) is 0 Å². The van der Waals surface area contributed by atoms with Crippen molar-refractivity contribution in [2.24, 2.45) is 4.99 Å². The van der Waals surface area contributed by atoms with E-state index in [1.165, 1.54) is 24.4 Å². The summed E-state index contributed by atoms with van der Waals surface area (Å²) in [6, 6.07) is 15.0. The Hall–Kier alpha value is -3.34. The molecule has 5 nitrogen and oxygen atoms in total. The molecule has 3 rings (SSSR count). The van der Waals surface area contributed by atoms with E-state index < -0.39 is 5.97 Å². The molecule has 3 aromatic carbocycles. The number of phenols is 2. The fourth-order valence-corrected chi connectivity index (χ4v) is 2.34. The fourth-order valence-electron chi connectivity index (χ4n) is 2.34. The fraction of sp³-hybridized carbons (Fsp3) is 0. The first-order valence-electron chi connectivity index (χ1n) is 6.87. The lowest BCUT2D eigenvalue weighted by molar-refractivity contribution is 0.0694. The van der Waals surface area contributed by atoms with E-state index in [0.717, 1.165) is 10.8 Å². The number of aromatic hydroxyl groups is 2. The van der Waals surface area contributed by atoms with Gasteiger partial charge >= 0.3 is 5.97 Å². The molecule has 0 spiro atoms. The molecule has 0 fully saturated rings. The quantitative estimate of drug-likeness (QED) is 0.643. The van der Waals surface area contributed by atoms with Crippen LogP contribution in [0.4, 0.5) is 5.69 Å². The molecule has 0 saturated carbocycles. The molecule has 0 saturated heterocycles. The monoisotopic (exact) mass is 307 g/mol. The highest BCUT2D eigenvalue weighted by molar-refractivity contribution is 6.03. The smallest absolute Gasteiger partial charge is 0.339 e. The van der Waals surface area contributed by atoms with Gasteiger partial charge in [-0.05, 0) is 29.0 Å². The summed E-state index contributed by atoms with van der Waals surface area (Å²) in [4.78, 5) is 15.1. The van der Waals surface area contributed by atoms with E-state index in [4.69, 9.17) is 5.11 Å². The van der Waals surface area contributed by atoms with Crippen LogP contribution in [0.15, 0.2) is 59.6 Å². The van der Waals surface area contributed by atoms with Crippen LogP contribution >= 0.6 is 0 Å². The zero-order valence-corrected chi connectivity index (χ0v) is 12.0. The van der Waals surface area contributed by atoms with Crippen LogP contribution in [0, 0.1) is 0 Å². The number of hydrogen-bond acceptors (Lipinski definition) is 4. The van der Waals surface area contributed by atoms with Gasteiger partial charge in [-0.2, -0.15) is 0 Å². The molecular weight excluding hydrogens is 294 g/mol. The molecule has 0 unspecified atom stereocenters. The second-order valence-corrected chi connectivity index (χ2v) is 4.98. The number of hydrogen-bond donors (Lipinski definition) is 3. The first-order chi connectivity index (χ1) is 11.1. The van der Waals surface area contributed by atoms with Crippen molar-refractivity contribution in [2.45, 2.75) is 0 Å². The number of carboxylic acid groups (broad SMARTS) is 1. The highest BCUT2D eigenvalue weighted by atomic mass is 16.4.